The van der Waals surface area contributed by atoms with Crippen molar-refractivity contribution in [2.45, 2.75) is 0 Å². The molecule has 1 aromatic rings. The van der Waals surface area contributed by atoms with E-state index in [0.717, 1.165) is 6.54 Å². The van der Waals surface area contributed by atoms with Gasteiger partial charge in [0.15, 0.2) is 0 Å². The van der Waals surface area contributed by atoms with E-state index in [1.165, 1.54) is 11.1 Å². The second-order valence-electron chi connectivity index (χ2n) is 2.45. The van der Waals surface area contributed by atoms with Gasteiger partial charge in [-0.3, -0.25) is 0 Å². The summed E-state index contributed by atoms with van der Waals surface area (Å²) in [6, 6.07) is 10.2. The molecule has 1 aliphatic rings. The van der Waals surface area contributed by atoms with Gasteiger partial charge in [0.05, 0.1) is 6.54 Å². The van der Waals surface area contributed by atoms with Gasteiger partial charge in [0.1, 0.15) is 6.26 Å². The lowest BCUT2D eigenvalue weighted by molar-refractivity contribution is 0.168. The summed E-state index contributed by atoms with van der Waals surface area (Å²) in [6.45, 7) is 0.796. The third-order valence-corrected chi connectivity index (χ3v) is 1.69. The zero-order valence-corrected chi connectivity index (χ0v) is 6.08. The molecule has 0 spiro atoms. The van der Waals surface area contributed by atoms with Crippen molar-refractivity contribution in [2.24, 2.45) is 0 Å². The minimum absolute atomic E-state index is 0.796. The Bertz CT molecular complexity index is 266. The Kier molecular flexibility index (Phi) is 1.61. The number of hydroxylamine groups is 1. The number of benzene rings is 1. The Morgan fingerprint density at radius 3 is 2.64 bits per heavy atom. The van der Waals surface area contributed by atoms with Crippen molar-refractivity contribution < 1.29 is 4.84 Å². The van der Waals surface area contributed by atoms with Gasteiger partial charge in [-0.15, -0.1) is 0 Å². The fourth-order valence-electron chi connectivity index (χ4n) is 1.10. The average molecular weight is 147 g/mol. The third kappa shape index (κ3) is 1.25. The summed E-state index contributed by atoms with van der Waals surface area (Å²) < 4.78 is 0. The zero-order valence-electron chi connectivity index (χ0n) is 6.08. The zero-order chi connectivity index (χ0) is 7.52. The smallest absolute Gasteiger partial charge is 0.116 e. The van der Waals surface area contributed by atoms with Crippen LogP contribution in [0.25, 0.3) is 5.57 Å². The number of hydrogen-bond acceptors (Lipinski definition) is 2. The molecule has 56 valence electrons. The first-order valence-electron chi connectivity index (χ1n) is 3.60. The van der Waals surface area contributed by atoms with E-state index in [-0.39, 0.29) is 0 Å². The fourth-order valence-corrected chi connectivity index (χ4v) is 1.10. The number of rotatable bonds is 1. The van der Waals surface area contributed by atoms with Crippen molar-refractivity contribution in [3.8, 4) is 0 Å². The molecule has 2 nitrogen and oxygen atoms in total. The van der Waals surface area contributed by atoms with E-state index in [1.807, 2.05) is 18.2 Å². The van der Waals surface area contributed by atoms with Crippen LogP contribution in [-0.4, -0.2) is 6.54 Å². The minimum Gasteiger partial charge on any atom is -0.416 e. The van der Waals surface area contributed by atoms with Gasteiger partial charge in [0, 0.05) is 5.57 Å². The van der Waals surface area contributed by atoms with Crippen LogP contribution in [0.5, 0.6) is 0 Å². The third-order valence-electron chi connectivity index (χ3n) is 1.69. The van der Waals surface area contributed by atoms with E-state index < -0.39 is 0 Å². The first kappa shape index (κ1) is 6.43. The van der Waals surface area contributed by atoms with Gasteiger partial charge in [-0.2, -0.15) is 5.48 Å². The lowest BCUT2D eigenvalue weighted by atomic mass is 10.1. The van der Waals surface area contributed by atoms with Crippen LogP contribution in [0.2, 0.25) is 0 Å². The van der Waals surface area contributed by atoms with Gasteiger partial charge < -0.3 is 4.84 Å². The second-order valence-corrected chi connectivity index (χ2v) is 2.45. The molecule has 1 heterocycles. The predicted octanol–water partition coefficient (Wildman–Crippen LogP) is 1.56. The molecule has 0 bridgehead atoms. The highest BCUT2D eigenvalue weighted by Crippen LogP contribution is 2.15. The van der Waals surface area contributed by atoms with Crippen molar-refractivity contribution in [1.29, 1.82) is 0 Å². The Hall–Kier alpha value is -1.28. The summed E-state index contributed by atoms with van der Waals surface area (Å²) in [5, 5.41) is 0. The van der Waals surface area contributed by atoms with Gasteiger partial charge in [0.2, 0.25) is 0 Å². The van der Waals surface area contributed by atoms with Crippen molar-refractivity contribution in [1.82, 2.24) is 5.48 Å². The molecule has 1 N–H and O–H groups in total. The van der Waals surface area contributed by atoms with Crippen molar-refractivity contribution in [2.75, 3.05) is 6.54 Å². The molecule has 2 heteroatoms. The molecule has 0 fully saturated rings. The average Bonchev–Trinajstić information content (AvgIpc) is 2.58. The van der Waals surface area contributed by atoms with Crippen molar-refractivity contribution in [3.63, 3.8) is 0 Å². The topological polar surface area (TPSA) is 21.3 Å². The van der Waals surface area contributed by atoms with Gasteiger partial charge in [-0.1, -0.05) is 30.3 Å². The lowest BCUT2D eigenvalue weighted by Gasteiger charge is -1.96. The second kappa shape index (κ2) is 2.76. The molecule has 0 aliphatic carbocycles. The van der Waals surface area contributed by atoms with E-state index in [4.69, 9.17) is 4.84 Å². The van der Waals surface area contributed by atoms with E-state index in [2.05, 4.69) is 17.6 Å². The Morgan fingerprint density at radius 1 is 1.18 bits per heavy atom. The predicted molar refractivity (Wildman–Crippen MR) is 43.5 cm³/mol. The van der Waals surface area contributed by atoms with Gasteiger partial charge in [-0.25, -0.2) is 0 Å². The maximum Gasteiger partial charge on any atom is 0.116 e. The summed E-state index contributed by atoms with van der Waals surface area (Å²) in [4.78, 5) is 4.90. The molecular formula is C9H9NO. The van der Waals surface area contributed by atoms with Crippen LogP contribution in [-0.2, 0) is 4.84 Å². The summed E-state index contributed by atoms with van der Waals surface area (Å²) >= 11 is 0. The standard InChI is InChI=1S/C9H9NO/c1-2-4-8(5-3-1)9-6-10-11-7-9/h1-5,7,10H,6H2. The quantitative estimate of drug-likeness (QED) is 0.651. The number of nitrogens with one attached hydrogen (secondary N) is 1. The Balaban J connectivity index is 2.29. The molecule has 0 amide bonds. The normalized spacial score (nSPS) is 15.8. The molecule has 2 rings (SSSR count). The molecular weight excluding hydrogens is 138 g/mol. The van der Waals surface area contributed by atoms with E-state index >= 15 is 0 Å². The summed E-state index contributed by atoms with van der Waals surface area (Å²) in [5.41, 5.74) is 5.20. The minimum atomic E-state index is 0.796. The van der Waals surface area contributed by atoms with Gasteiger partial charge >= 0.3 is 0 Å². The first-order valence-corrected chi connectivity index (χ1v) is 3.60. The lowest BCUT2D eigenvalue weighted by Crippen LogP contribution is -2.05. The van der Waals surface area contributed by atoms with Crippen LogP contribution in [0.15, 0.2) is 36.6 Å². The molecule has 0 unspecified atom stereocenters. The SMILES string of the molecule is C1=C(c2ccccc2)CNO1. The highest BCUT2D eigenvalue weighted by atomic mass is 16.6. The van der Waals surface area contributed by atoms with Crippen LogP contribution < -0.4 is 5.48 Å². The molecule has 0 aromatic heterocycles. The molecule has 1 aromatic carbocycles. The Morgan fingerprint density at radius 2 is 2.00 bits per heavy atom. The van der Waals surface area contributed by atoms with Crippen molar-refractivity contribution >= 4 is 5.57 Å². The molecule has 0 saturated carbocycles. The summed E-state index contributed by atoms with van der Waals surface area (Å²) in [7, 11) is 0. The highest BCUT2D eigenvalue weighted by molar-refractivity contribution is 5.66. The number of hydrogen-bond donors (Lipinski definition) is 1. The Labute approximate surface area is 65.4 Å². The molecule has 0 radical (unpaired) electrons. The highest BCUT2D eigenvalue weighted by Gasteiger charge is 2.05. The molecule has 11 heavy (non-hydrogen) atoms. The summed E-state index contributed by atoms with van der Waals surface area (Å²) in [6.07, 6.45) is 1.75. The molecule has 0 saturated heterocycles. The van der Waals surface area contributed by atoms with E-state index in [0.29, 0.717) is 0 Å². The van der Waals surface area contributed by atoms with E-state index in [9.17, 15) is 0 Å². The largest absolute Gasteiger partial charge is 0.416 e. The molecule has 1 aliphatic heterocycles. The maximum absolute atomic E-state index is 4.90. The summed E-state index contributed by atoms with van der Waals surface area (Å²) in [5.74, 6) is 0. The first-order chi connectivity index (χ1) is 5.47. The van der Waals surface area contributed by atoms with Gasteiger partial charge in [-0.05, 0) is 5.56 Å². The van der Waals surface area contributed by atoms with Crippen LogP contribution >= 0.6 is 0 Å². The fraction of sp³-hybridized carbons (Fsp3) is 0.111. The molecule has 0 atom stereocenters. The van der Waals surface area contributed by atoms with Crippen molar-refractivity contribution in [3.05, 3.63) is 42.2 Å². The van der Waals surface area contributed by atoms with Crippen LogP contribution in [0, 0.1) is 0 Å². The van der Waals surface area contributed by atoms with Crippen LogP contribution in [0.4, 0.5) is 0 Å². The van der Waals surface area contributed by atoms with Gasteiger partial charge in [0.25, 0.3) is 0 Å². The van der Waals surface area contributed by atoms with E-state index in [1.54, 1.807) is 6.26 Å². The maximum atomic E-state index is 4.90. The van der Waals surface area contributed by atoms with Crippen LogP contribution in [0.1, 0.15) is 5.56 Å². The monoisotopic (exact) mass is 147 g/mol. The van der Waals surface area contributed by atoms with Crippen LogP contribution in [0.3, 0.4) is 0 Å².